The molecular formula is C25H27F3N6O2. The maximum atomic E-state index is 13.3. The van der Waals surface area contributed by atoms with Gasteiger partial charge in [0.15, 0.2) is 0 Å². The van der Waals surface area contributed by atoms with E-state index in [0.717, 1.165) is 23.2 Å². The predicted molar refractivity (Wildman–Crippen MR) is 131 cm³/mol. The molecule has 190 valence electrons. The number of anilines is 3. The monoisotopic (exact) mass is 500 g/mol. The lowest BCUT2D eigenvalue weighted by Gasteiger charge is -2.45. The summed E-state index contributed by atoms with van der Waals surface area (Å²) in [5, 5.41) is 3.99. The first-order chi connectivity index (χ1) is 17.0. The minimum atomic E-state index is -4.50. The van der Waals surface area contributed by atoms with Crippen molar-refractivity contribution in [1.29, 1.82) is 0 Å². The van der Waals surface area contributed by atoms with E-state index in [4.69, 9.17) is 10.5 Å². The summed E-state index contributed by atoms with van der Waals surface area (Å²) in [5.41, 5.74) is 6.96. The molecule has 0 spiro atoms. The van der Waals surface area contributed by atoms with Crippen LogP contribution in [0.3, 0.4) is 0 Å². The maximum Gasteiger partial charge on any atom is 0.416 e. The number of ether oxygens (including phenoxy) is 1. The van der Waals surface area contributed by atoms with Crippen LogP contribution in [0.15, 0.2) is 30.3 Å². The molecule has 1 amide bonds. The lowest BCUT2D eigenvalue weighted by atomic mass is 10.0. The van der Waals surface area contributed by atoms with Crippen LogP contribution in [0.2, 0.25) is 0 Å². The fourth-order valence-corrected chi connectivity index (χ4v) is 4.88. The quantitative estimate of drug-likeness (QED) is 0.522. The Morgan fingerprint density at radius 2 is 1.97 bits per heavy atom. The first kappa shape index (κ1) is 24.0. The van der Waals surface area contributed by atoms with Crippen LogP contribution in [0.4, 0.5) is 30.4 Å². The molecule has 5 rings (SSSR count). The van der Waals surface area contributed by atoms with Crippen molar-refractivity contribution in [3.63, 3.8) is 0 Å². The summed E-state index contributed by atoms with van der Waals surface area (Å²) in [5.74, 6) is 1.77. The molecule has 11 heteroatoms. The van der Waals surface area contributed by atoms with Crippen LogP contribution >= 0.6 is 0 Å². The van der Waals surface area contributed by atoms with E-state index in [2.05, 4.69) is 20.2 Å². The molecule has 2 aromatic carbocycles. The highest BCUT2D eigenvalue weighted by atomic mass is 19.4. The molecule has 1 fully saturated rings. The minimum absolute atomic E-state index is 0.0300. The molecular weight excluding hydrogens is 473 g/mol. The number of nitrogens with two attached hydrogens (primary N) is 1. The second kappa shape index (κ2) is 8.72. The van der Waals surface area contributed by atoms with E-state index in [1.54, 1.807) is 20.8 Å². The molecule has 36 heavy (non-hydrogen) atoms. The number of carbonyl (C=O) groups excluding carboxylic acids is 1. The van der Waals surface area contributed by atoms with Crippen LogP contribution in [0.25, 0.3) is 10.9 Å². The number of hydrogen-bond donors (Lipinski definition) is 2. The number of piperazine rings is 1. The Hall–Kier alpha value is -3.76. The Morgan fingerprint density at radius 1 is 1.19 bits per heavy atom. The Balaban J connectivity index is 1.51. The third-order valence-corrected chi connectivity index (χ3v) is 6.72. The van der Waals surface area contributed by atoms with Gasteiger partial charge in [0.1, 0.15) is 24.0 Å². The van der Waals surface area contributed by atoms with Crippen molar-refractivity contribution in [2.24, 2.45) is 0 Å². The summed E-state index contributed by atoms with van der Waals surface area (Å²) < 4.78 is 46.0. The second-order valence-electron chi connectivity index (χ2n) is 9.33. The molecule has 1 aromatic heterocycles. The van der Waals surface area contributed by atoms with Crippen molar-refractivity contribution in [3.05, 3.63) is 47.3 Å². The fraction of sp³-hybridized carbons (Fsp3) is 0.400. The first-order valence-electron chi connectivity index (χ1n) is 11.7. The highest BCUT2D eigenvalue weighted by Gasteiger charge is 2.35. The largest absolute Gasteiger partial charge is 0.489 e. The molecule has 3 aromatic rings. The number of aromatic nitrogens is 2. The summed E-state index contributed by atoms with van der Waals surface area (Å²) in [7, 11) is 0. The van der Waals surface area contributed by atoms with E-state index in [9.17, 15) is 18.0 Å². The van der Waals surface area contributed by atoms with Gasteiger partial charge in [0.05, 0.1) is 28.9 Å². The van der Waals surface area contributed by atoms with Gasteiger partial charge in [0, 0.05) is 43.7 Å². The smallest absolute Gasteiger partial charge is 0.416 e. The van der Waals surface area contributed by atoms with Gasteiger partial charge in [0.25, 0.3) is 0 Å². The van der Waals surface area contributed by atoms with Gasteiger partial charge in [-0.3, -0.25) is 4.79 Å². The Kier molecular flexibility index (Phi) is 5.80. The summed E-state index contributed by atoms with van der Waals surface area (Å²) >= 11 is 0. The molecule has 8 nitrogen and oxygen atoms in total. The summed E-state index contributed by atoms with van der Waals surface area (Å²) in [4.78, 5) is 25.0. The van der Waals surface area contributed by atoms with E-state index < -0.39 is 17.8 Å². The normalized spacial score (nSPS) is 18.3. The Labute approximate surface area is 206 Å². The number of fused-ring (bicyclic) bond motifs is 4. The molecule has 0 saturated carbocycles. The summed E-state index contributed by atoms with van der Waals surface area (Å²) in [6.45, 7) is 7.42. The van der Waals surface area contributed by atoms with Crippen molar-refractivity contribution in [1.82, 2.24) is 14.9 Å². The zero-order valence-electron chi connectivity index (χ0n) is 20.2. The Morgan fingerprint density at radius 3 is 2.69 bits per heavy atom. The number of nitrogen functional groups attached to an aromatic ring is 1. The van der Waals surface area contributed by atoms with Crippen molar-refractivity contribution in [3.8, 4) is 5.75 Å². The number of nitrogens with zero attached hydrogens (tertiary/aromatic N) is 4. The zero-order chi connectivity index (χ0) is 25.8. The van der Waals surface area contributed by atoms with Crippen LogP contribution in [0.1, 0.15) is 36.8 Å². The number of alkyl halides is 3. The van der Waals surface area contributed by atoms with Gasteiger partial charge in [0.2, 0.25) is 5.91 Å². The van der Waals surface area contributed by atoms with Crippen molar-refractivity contribution < 1.29 is 22.7 Å². The molecule has 3 N–H and O–H groups in total. The van der Waals surface area contributed by atoms with Gasteiger partial charge in [-0.15, -0.1) is 0 Å². The highest BCUT2D eigenvalue weighted by molar-refractivity contribution is 5.94. The predicted octanol–water partition coefficient (Wildman–Crippen LogP) is 4.14. The average Bonchev–Trinajstić information content (AvgIpc) is 2.81. The van der Waals surface area contributed by atoms with E-state index in [1.807, 2.05) is 17.0 Å². The lowest BCUT2D eigenvalue weighted by molar-refractivity contribution is -0.137. The SMILES string of the molecule is CC(=O)N1CCN2c3cc4c(N[C@H](C)c5cc(N)cc(C(F)(F)F)c5)nc(C)nc4cc3OC[C@@H]2C1. The molecule has 0 aliphatic carbocycles. The molecule has 2 aliphatic rings. The number of amides is 1. The third-order valence-electron chi connectivity index (χ3n) is 6.72. The molecule has 2 atom stereocenters. The molecule has 0 bridgehead atoms. The van der Waals surface area contributed by atoms with E-state index >= 15 is 0 Å². The fourth-order valence-electron chi connectivity index (χ4n) is 4.88. The minimum Gasteiger partial charge on any atom is -0.489 e. The molecule has 3 heterocycles. The third kappa shape index (κ3) is 4.45. The molecule has 2 aliphatic heterocycles. The second-order valence-corrected chi connectivity index (χ2v) is 9.33. The number of aryl methyl sites for hydroxylation is 1. The number of hydrogen-bond acceptors (Lipinski definition) is 7. The number of nitrogens with one attached hydrogen (secondary N) is 1. The maximum absolute atomic E-state index is 13.3. The highest BCUT2D eigenvalue weighted by Crippen LogP contribution is 2.40. The van der Waals surface area contributed by atoms with Crippen LogP contribution < -0.4 is 20.7 Å². The number of carbonyl (C=O) groups is 1. The summed E-state index contributed by atoms with van der Waals surface area (Å²) in [6.07, 6.45) is -4.50. The molecule has 0 radical (unpaired) electrons. The van der Waals surface area contributed by atoms with Gasteiger partial charge in [-0.2, -0.15) is 13.2 Å². The number of rotatable bonds is 3. The van der Waals surface area contributed by atoms with E-state index in [1.165, 1.54) is 6.07 Å². The van der Waals surface area contributed by atoms with Crippen LogP contribution in [0, 0.1) is 6.92 Å². The van der Waals surface area contributed by atoms with Gasteiger partial charge < -0.3 is 25.6 Å². The topological polar surface area (TPSA) is 96.6 Å². The Bertz CT molecular complexity index is 1350. The number of halogens is 3. The van der Waals surface area contributed by atoms with Gasteiger partial charge in [-0.05, 0) is 43.7 Å². The lowest BCUT2D eigenvalue weighted by Crippen LogP contribution is -2.58. The van der Waals surface area contributed by atoms with Crippen LogP contribution in [-0.4, -0.2) is 53.1 Å². The van der Waals surface area contributed by atoms with Crippen molar-refractivity contribution in [2.45, 2.75) is 39.0 Å². The van der Waals surface area contributed by atoms with E-state index in [0.29, 0.717) is 54.7 Å². The molecule has 1 saturated heterocycles. The van der Waals surface area contributed by atoms with Crippen LogP contribution in [-0.2, 0) is 11.0 Å². The van der Waals surface area contributed by atoms with Gasteiger partial charge in [-0.1, -0.05) is 0 Å². The van der Waals surface area contributed by atoms with Crippen molar-refractivity contribution >= 4 is 34.0 Å². The average molecular weight is 501 g/mol. The molecule has 0 unspecified atom stereocenters. The van der Waals surface area contributed by atoms with Crippen LogP contribution in [0.5, 0.6) is 5.75 Å². The van der Waals surface area contributed by atoms with Gasteiger partial charge in [-0.25, -0.2) is 9.97 Å². The number of benzene rings is 2. The standard InChI is InChI=1S/C25H27F3N6O2/c1-13(16-6-17(25(26,27)28)8-18(29)7-16)30-24-20-9-22-23(10-21(20)31-14(2)32-24)36-12-19-11-33(15(3)35)4-5-34(19)22/h6-10,13,19H,4-5,11-12,29H2,1-3H3,(H,30,31,32)/t13-,19+/m1/s1. The van der Waals surface area contributed by atoms with Crippen molar-refractivity contribution in [2.75, 3.05) is 42.2 Å². The summed E-state index contributed by atoms with van der Waals surface area (Å²) in [6, 6.07) is 6.89. The first-order valence-corrected chi connectivity index (χ1v) is 11.7. The van der Waals surface area contributed by atoms with Gasteiger partial charge >= 0.3 is 6.18 Å². The zero-order valence-corrected chi connectivity index (χ0v) is 20.2. The van der Waals surface area contributed by atoms with E-state index in [-0.39, 0.29) is 17.6 Å².